The van der Waals surface area contributed by atoms with Crippen molar-refractivity contribution in [3.63, 3.8) is 0 Å². The number of carboxylic acids is 1. The lowest BCUT2D eigenvalue weighted by Gasteiger charge is -2.50. The third-order valence-corrected chi connectivity index (χ3v) is 7.36. The number of aromatic nitrogens is 6. The van der Waals surface area contributed by atoms with E-state index < -0.39 is 29.2 Å². The monoisotopic (exact) mass is 455 g/mol. The molecule has 0 bridgehead atoms. The number of β-lactam (4-membered cyclic amide) rings is 1. The number of nitrogens with one attached hydrogen (secondary N) is 2. The van der Waals surface area contributed by atoms with E-state index >= 15 is 0 Å². The molecule has 16 heteroatoms. The number of fused-ring (bicyclic) bond motifs is 1. The maximum atomic E-state index is 12.5. The van der Waals surface area contributed by atoms with Crippen LogP contribution in [0.2, 0.25) is 0 Å². The standard InChI is InChI=1S/C13H12N8O5S3/c22-6(1-20-4-14-18-19-20)15-7-9(23)21-8(11(24)25)5(2-27-10(7)21)3-28-13-17-16-12(26)29-13/h4,7,10H,1-3H2,(H,15,22)(H,16,26)(H,24,25)/p-1. The fourth-order valence-electron chi connectivity index (χ4n) is 2.83. The van der Waals surface area contributed by atoms with Crippen molar-refractivity contribution in [3.05, 3.63) is 27.3 Å². The topological polar surface area (TPSA) is 179 Å². The molecule has 0 aromatic carbocycles. The number of amides is 2. The highest BCUT2D eigenvalue weighted by atomic mass is 32.2. The van der Waals surface area contributed by atoms with Crippen LogP contribution in [0.15, 0.2) is 26.7 Å². The van der Waals surface area contributed by atoms with Gasteiger partial charge in [0.1, 0.15) is 24.3 Å². The van der Waals surface area contributed by atoms with Gasteiger partial charge in [-0.1, -0.05) is 11.8 Å². The van der Waals surface area contributed by atoms with Crippen LogP contribution in [0.3, 0.4) is 0 Å². The van der Waals surface area contributed by atoms with E-state index in [0.29, 0.717) is 15.7 Å². The van der Waals surface area contributed by atoms with Gasteiger partial charge < -0.3 is 15.2 Å². The minimum absolute atomic E-state index is 0.161. The second-order valence-corrected chi connectivity index (χ2v) is 9.16. The summed E-state index contributed by atoms with van der Waals surface area (Å²) in [5.41, 5.74) is 0.297. The summed E-state index contributed by atoms with van der Waals surface area (Å²) in [7, 11) is 0. The van der Waals surface area contributed by atoms with E-state index in [2.05, 4.69) is 31.0 Å². The molecule has 2 aromatic heterocycles. The van der Waals surface area contributed by atoms with E-state index in [1.165, 1.54) is 34.5 Å². The summed E-state index contributed by atoms with van der Waals surface area (Å²) >= 11 is 3.45. The Morgan fingerprint density at radius 2 is 2.24 bits per heavy atom. The summed E-state index contributed by atoms with van der Waals surface area (Å²) in [6, 6.07) is -0.843. The van der Waals surface area contributed by atoms with Crippen LogP contribution in [0.25, 0.3) is 0 Å². The van der Waals surface area contributed by atoms with Crippen LogP contribution in [0.1, 0.15) is 0 Å². The largest absolute Gasteiger partial charge is 0.543 e. The van der Waals surface area contributed by atoms with Crippen LogP contribution < -0.4 is 15.3 Å². The molecule has 4 rings (SSSR count). The van der Waals surface area contributed by atoms with Crippen molar-refractivity contribution in [1.29, 1.82) is 0 Å². The van der Waals surface area contributed by atoms with Crippen LogP contribution in [-0.4, -0.2) is 76.0 Å². The Morgan fingerprint density at radius 1 is 1.41 bits per heavy atom. The van der Waals surface area contributed by atoms with Crippen molar-refractivity contribution in [2.45, 2.75) is 22.3 Å². The summed E-state index contributed by atoms with van der Waals surface area (Å²) in [6.45, 7) is -0.161. The molecule has 2 unspecified atom stereocenters. The number of carbonyl (C=O) groups excluding carboxylic acids is 3. The molecule has 2 N–H and O–H groups in total. The van der Waals surface area contributed by atoms with Crippen LogP contribution in [0.4, 0.5) is 0 Å². The predicted molar refractivity (Wildman–Crippen MR) is 98.3 cm³/mol. The highest BCUT2D eigenvalue weighted by Crippen LogP contribution is 2.41. The van der Waals surface area contributed by atoms with Crippen molar-refractivity contribution in [3.8, 4) is 0 Å². The normalized spacial score (nSPS) is 21.0. The van der Waals surface area contributed by atoms with Crippen LogP contribution in [0, 0.1) is 0 Å². The molecule has 2 aliphatic rings. The fourth-order valence-corrected chi connectivity index (χ4v) is 5.93. The van der Waals surface area contributed by atoms with E-state index in [4.69, 9.17) is 0 Å². The van der Waals surface area contributed by atoms with Gasteiger partial charge in [0.25, 0.3) is 5.91 Å². The molecule has 4 heterocycles. The molecule has 2 atom stereocenters. The highest BCUT2D eigenvalue weighted by Gasteiger charge is 2.52. The molecule has 0 spiro atoms. The van der Waals surface area contributed by atoms with Gasteiger partial charge >= 0.3 is 4.87 Å². The second kappa shape index (κ2) is 7.96. The maximum absolute atomic E-state index is 12.5. The van der Waals surface area contributed by atoms with E-state index in [-0.39, 0.29) is 22.9 Å². The number of carbonyl (C=O) groups is 3. The maximum Gasteiger partial charge on any atom is 0.323 e. The Hall–Kier alpha value is -2.72. The zero-order chi connectivity index (χ0) is 20.5. The van der Waals surface area contributed by atoms with Crippen molar-refractivity contribution < 1.29 is 19.5 Å². The fraction of sp³-hybridized carbons (Fsp3) is 0.385. The van der Waals surface area contributed by atoms with Gasteiger partial charge in [-0.05, 0) is 27.3 Å². The minimum atomic E-state index is -1.46. The highest BCUT2D eigenvalue weighted by molar-refractivity contribution is 8.01. The van der Waals surface area contributed by atoms with E-state index in [0.717, 1.165) is 16.2 Å². The number of rotatable bonds is 7. The van der Waals surface area contributed by atoms with Crippen molar-refractivity contribution in [2.24, 2.45) is 0 Å². The number of hydrogen-bond donors (Lipinski definition) is 2. The lowest BCUT2D eigenvalue weighted by atomic mass is 10.0. The van der Waals surface area contributed by atoms with Gasteiger partial charge in [-0.3, -0.25) is 19.3 Å². The SMILES string of the molecule is O=C(Cn1cnnn1)NC1C(=O)N2C(C(=O)[O-])=C(CSc3n[nH]c(=O)s3)CSC12. The van der Waals surface area contributed by atoms with E-state index in [1.54, 1.807) is 0 Å². The summed E-state index contributed by atoms with van der Waals surface area (Å²) in [5.74, 6) is -1.89. The molecule has 13 nitrogen and oxygen atoms in total. The van der Waals surface area contributed by atoms with E-state index in [9.17, 15) is 24.3 Å². The molecular formula is C13H11N8O5S3-. The van der Waals surface area contributed by atoms with Gasteiger partial charge in [-0.2, -0.15) is 5.10 Å². The molecule has 2 aromatic rings. The number of thioether (sulfide) groups is 2. The number of carboxylic acid groups (broad SMARTS) is 1. The first-order valence-corrected chi connectivity index (χ1v) is 10.9. The lowest BCUT2D eigenvalue weighted by Crippen LogP contribution is -2.71. The number of hydrogen-bond acceptors (Lipinski definition) is 12. The van der Waals surface area contributed by atoms with Gasteiger partial charge in [-0.15, -0.1) is 16.9 Å². The smallest absolute Gasteiger partial charge is 0.323 e. The number of aliphatic carboxylic acids is 1. The Kier molecular flexibility index (Phi) is 5.37. The van der Waals surface area contributed by atoms with Gasteiger partial charge in [0.2, 0.25) is 5.91 Å². The van der Waals surface area contributed by atoms with Crippen molar-refractivity contribution in [1.82, 2.24) is 40.6 Å². The Morgan fingerprint density at radius 3 is 2.90 bits per heavy atom. The second-order valence-electron chi connectivity index (χ2n) is 5.87. The summed E-state index contributed by atoms with van der Waals surface area (Å²) < 4.78 is 1.67. The molecule has 2 amide bonds. The number of tetrazole rings is 1. The predicted octanol–water partition coefficient (Wildman–Crippen LogP) is -2.99. The Balaban J connectivity index is 1.44. The lowest BCUT2D eigenvalue weighted by molar-refractivity contribution is -0.301. The third-order valence-electron chi connectivity index (χ3n) is 4.04. The quantitative estimate of drug-likeness (QED) is 0.321. The number of nitrogens with zero attached hydrogens (tertiary/aromatic N) is 6. The van der Waals surface area contributed by atoms with Crippen LogP contribution in [0.5, 0.6) is 0 Å². The zero-order valence-corrected chi connectivity index (χ0v) is 16.8. The molecule has 2 aliphatic heterocycles. The molecule has 152 valence electrons. The van der Waals surface area contributed by atoms with Crippen molar-refractivity contribution >= 4 is 52.6 Å². The van der Waals surface area contributed by atoms with Crippen molar-refractivity contribution in [2.75, 3.05) is 11.5 Å². The van der Waals surface area contributed by atoms with Gasteiger partial charge in [0.05, 0.1) is 11.7 Å². The summed E-state index contributed by atoms with van der Waals surface area (Å²) in [4.78, 5) is 48.3. The van der Waals surface area contributed by atoms with Gasteiger partial charge in [0, 0.05) is 11.5 Å². The average Bonchev–Trinajstić information content (AvgIpc) is 3.35. The number of H-pyrrole nitrogens is 1. The third kappa shape index (κ3) is 3.90. The molecule has 0 saturated carbocycles. The van der Waals surface area contributed by atoms with Crippen LogP contribution >= 0.6 is 34.9 Å². The number of aromatic amines is 1. The zero-order valence-electron chi connectivity index (χ0n) is 14.3. The molecule has 1 saturated heterocycles. The first-order valence-electron chi connectivity index (χ1n) is 8.00. The summed E-state index contributed by atoms with van der Waals surface area (Å²) in [5, 5.41) is 30.2. The molecule has 0 radical (unpaired) electrons. The summed E-state index contributed by atoms with van der Waals surface area (Å²) in [6.07, 6.45) is 1.26. The minimum Gasteiger partial charge on any atom is -0.543 e. The molecule has 1 fully saturated rings. The Labute approximate surface area is 173 Å². The van der Waals surface area contributed by atoms with Gasteiger partial charge in [-0.25, -0.2) is 9.78 Å². The Bertz CT molecular complexity index is 1050. The molecule has 0 aliphatic carbocycles. The average molecular weight is 455 g/mol. The van der Waals surface area contributed by atoms with E-state index in [1.807, 2.05) is 0 Å². The first-order chi connectivity index (χ1) is 13.9. The first kappa shape index (κ1) is 19.6. The van der Waals surface area contributed by atoms with Gasteiger partial charge in [0.15, 0.2) is 4.34 Å². The molecular weight excluding hydrogens is 444 g/mol. The molecule has 29 heavy (non-hydrogen) atoms. The van der Waals surface area contributed by atoms with Crippen LogP contribution in [-0.2, 0) is 20.9 Å².